The van der Waals surface area contributed by atoms with E-state index in [0.717, 1.165) is 28.3 Å². The van der Waals surface area contributed by atoms with Gasteiger partial charge in [0.05, 0.1) is 30.5 Å². The second kappa shape index (κ2) is 11.5. The lowest BCUT2D eigenvalue weighted by Gasteiger charge is -2.29. The van der Waals surface area contributed by atoms with E-state index in [0.29, 0.717) is 17.2 Å². The second-order valence-corrected chi connectivity index (χ2v) is 9.66. The van der Waals surface area contributed by atoms with Gasteiger partial charge in [0.25, 0.3) is 0 Å². The number of aromatic nitrogens is 2. The first-order chi connectivity index (χ1) is 19.0. The molecule has 0 bridgehead atoms. The number of hydrogen-bond donors (Lipinski definition) is 2. The van der Waals surface area contributed by atoms with Crippen LogP contribution in [0.25, 0.3) is 5.69 Å². The van der Waals surface area contributed by atoms with Crippen LogP contribution in [-0.4, -0.2) is 45.1 Å². The molecule has 1 aliphatic heterocycles. The van der Waals surface area contributed by atoms with E-state index < -0.39 is 0 Å². The van der Waals surface area contributed by atoms with Crippen molar-refractivity contribution in [3.63, 3.8) is 0 Å². The van der Waals surface area contributed by atoms with Gasteiger partial charge < -0.3 is 24.8 Å². The van der Waals surface area contributed by atoms with Gasteiger partial charge in [0.15, 0.2) is 5.11 Å². The number of thiocarbonyl (C=S) groups is 1. The maximum Gasteiger partial charge on any atom is 0.337 e. The topological polar surface area (TPSA) is 88.5 Å². The van der Waals surface area contributed by atoms with Gasteiger partial charge in [-0.2, -0.15) is 0 Å². The van der Waals surface area contributed by atoms with E-state index in [9.17, 15) is 9.59 Å². The number of pyridine rings is 1. The van der Waals surface area contributed by atoms with Crippen LogP contribution in [0.5, 0.6) is 0 Å². The van der Waals surface area contributed by atoms with Crippen LogP contribution in [0.1, 0.15) is 45.8 Å². The highest BCUT2D eigenvalue weighted by molar-refractivity contribution is 7.80. The second-order valence-electron chi connectivity index (χ2n) is 9.27. The third kappa shape index (κ3) is 5.53. The summed E-state index contributed by atoms with van der Waals surface area (Å²) in [5.74, 6) is -0.467. The van der Waals surface area contributed by atoms with Gasteiger partial charge in [0.2, 0.25) is 5.91 Å². The predicted octanol–water partition coefficient (Wildman–Crippen LogP) is 4.97. The van der Waals surface area contributed by atoms with Crippen LogP contribution in [0.3, 0.4) is 0 Å². The first kappa shape index (κ1) is 26.1. The van der Waals surface area contributed by atoms with E-state index in [1.165, 1.54) is 7.11 Å². The molecule has 39 heavy (non-hydrogen) atoms. The Morgan fingerprint density at radius 1 is 1.03 bits per heavy atom. The van der Waals surface area contributed by atoms with Crippen LogP contribution in [-0.2, 0) is 9.53 Å². The summed E-state index contributed by atoms with van der Waals surface area (Å²) < 4.78 is 6.90. The Balaban J connectivity index is 1.44. The van der Waals surface area contributed by atoms with Crippen molar-refractivity contribution in [2.45, 2.75) is 25.4 Å². The number of esters is 1. The molecule has 5 rings (SSSR count). The molecule has 8 nitrogen and oxygen atoms in total. The van der Waals surface area contributed by atoms with E-state index in [1.54, 1.807) is 18.3 Å². The highest BCUT2D eigenvalue weighted by atomic mass is 32.1. The monoisotopic (exact) mass is 539 g/mol. The molecular weight excluding hydrogens is 510 g/mol. The summed E-state index contributed by atoms with van der Waals surface area (Å²) in [6, 6.07) is 24.3. The summed E-state index contributed by atoms with van der Waals surface area (Å²) in [5.41, 5.74) is 5.00. The number of nitrogens with one attached hydrogen (secondary N) is 2. The van der Waals surface area contributed by atoms with E-state index in [1.807, 2.05) is 79.9 Å². The molecule has 1 aliphatic rings. The Morgan fingerprint density at radius 3 is 2.51 bits per heavy atom. The molecule has 0 spiro atoms. The van der Waals surface area contributed by atoms with Crippen LogP contribution < -0.4 is 10.6 Å². The average Bonchev–Trinajstić information content (AvgIpc) is 3.57. The number of para-hydroxylation sites is 1. The van der Waals surface area contributed by atoms with Crippen molar-refractivity contribution in [2.24, 2.45) is 0 Å². The molecule has 198 valence electrons. The SMILES string of the molecule is COC(=O)c1ccc(-n2cccc2[C@@H]2[C@@H](c3ccccn3)NC(=S)N2CCC(=O)Nc2ccccc2C)cc1. The number of anilines is 1. The number of carbonyl (C=O) groups excluding carboxylic acids is 2. The molecule has 1 saturated heterocycles. The Kier molecular flexibility index (Phi) is 7.69. The van der Waals surface area contributed by atoms with Gasteiger partial charge in [-0.05, 0) is 79.3 Å². The number of nitrogens with zero attached hydrogens (tertiary/aromatic N) is 3. The molecule has 0 unspecified atom stereocenters. The van der Waals surface area contributed by atoms with Crippen LogP contribution in [0.15, 0.2) is 91.3 Å². The lowest BCUT2D eigenvalue weighted by Crippen LogP contribution is -2.33. The smallest absolute Gasteiger partial charge is 0.337 e. The van der Waals surface area contributed by atoms with E-state index >= 15 is 0 Å². The molecule has 2 aromatic carbocycles. The molecule has 1 fully saturated rings. The molecule has 2 atom stereocenters. The normalized spacial score (nSPS) is 16.6. The Hall–Kier alpha value is -4.50. The number of benzene rings is 2. The van der Waals surface area contributed by atoms with Gasteiger partial charge in [-0.3, -0.25) is 9.78 Å². The molecule has 2 aromatic heterocycles. The molecule has 1 amide bonds. The molecular formula is C30H29N5O3S. The van der Waals surface area contributed by atoms with Gasteiger partial charge in [-0.25, -0.2) is 4.79 Å². The average molecular weight is 540 g/mol. The van der Waals surface area contributed by atoms with Crippen molar-refractivity contribution < 1.29 is 14.3 Å². The first-order valence-electron chi connectivity index (χ1n) is 12.7. The van der Waals surface area contributed by atoms with Crippen molar-refractivity contribution in [1.82, 2.24) is 19.8 Å². The lowest BCUT2D eigenvalue weighted by molar-refractivity contribution is -0.116. The fraction of sp³-hybridized carbons (Fsp3) is 0.200. The maximum atomic E-state index is 12.9. The maximum absolute atomic E-state index is 12.9. The number of rotatable bonds is 8. The Labute approximate surface area is 232 Å². The van der Waals surface area contributed by atoms with Gasteiger partial charge in [-0.15, -0.1) is 0 Å². The zero-order chi connectivity index (χ0) is 27.4. The summed E-state index contributed by atoms with van der Waals surface area (Å²) in [6.45, 7) is 2.39. The zero-order valence-corrected chi connectivity index (χ0v) is 22.5. The van der Waals surface area contributed by atoms with Crippen molar-refractivity contribution in [3.8, 4) is 5.69 Å². The highest BCUT2D eigenvalue weighted by Crippen LogP contribution is 2.39. The van der Waals surface area contributed by atoms with Crippen molar-refractivity contribution >= 4 is 34.9 Å². The molecule has 2 N–H and O–H groups in total. The number of hydrogen-bond acceptors (Lipinski definition) is 5. The van der Waals surface area contributed by atoms with Crippen LogP contribution in [0.2, 0.25) is 0 Å². The Bertz CT molecular complexity index is 1490. The molecule has 0 saturated carbocycles. The lowest BCUT2D eigenvalue weighted by atomic mass is 10.0. The molecule has 3 heterocycles. The first-order valence-corrected chi connectivity index (χ1v) is 13.1. The van der Waals surface area contributed by atoms with Gasteiger partial charge >= 0.3 is 5.97 Å². The van der Waals surface area contributed by atoms with Gasteiger partial charge in [-0.1, -0.05) is 24.3 Å². The van der Waals surface area contributed by atoms with Crippen molar-refractivity contribution in [2.75, 3.05) is 19.0 Å². The van der Waals surface area contributed by atoms with Crippen molar-refractivity contribution in [1.29, 1.82) is 0 Å². The summed E-state index contributed by atoms with van der Waals surface area (Å²) in [7, 11) is 1.36. The predicted molar refractivity (Wildman–Crippen MR) is 154 cm³/mol. The standard InChI is InChI=1S/C30H29N5O3S/c1-20-8-3-4-9-23(20)32-26(36)16-19-35-28(27(33-30(35)39)24-10-5-6-17-31-24)25-11-7-18-34(25)22-14-12-21(13-15-22)29(37)38-2/h3-15,17-18,27-28H,16,19H2,1-2H3,(H,32,36)(H,33,39)/t27-,28-/m1/s1. The summed E-state index contributed by atoms with van der Waals surface area (Å²) >= 11 is 5.78. The Morgan fingerprint density at radius 2 is 1.79 bits per heavy atom. The van der Waals surface area contributed by atoms with E-state index in [4.69, 9.17) is 17.0 Å². The molecule has 0 aliphatic carbocycles. The van der Waals surface area contributed by atoms with Crippen LogP contribution in [0.4, 0.5) is 5.69 Å². The number of methoxy groups -OCH3 is 1. The molecule has 9 heteroatoms. The van der Waals surface area contributed by atoms with E-state index in [-0.39, 0.29) is 30.4 Å². The van der Waals surface area contributed by atoms with Crippen molar-refractivity contribution in [3.05, 3.63) is 114 Å². The zero-order valence-electron chi connectivity index (χ0n) is 21.7. The van der Waals surface area contributed by atoms with Gasteiger partial charge in [0.1, 0.15) is 0 Å². The van der Waals surface area contributed by atoms with Crippen LogP contribution >= 0.6 is 12.2 Å². The van der Waals surface area contributed by atoms with Crippen LogP contribution in [0, 0.1) is 6.92 Å². The third-order valence-electron chi connectivity index (χ3n) is 6.85. The number of aryl methyl sites for hydroxylation is 1. The fourth-order valence-electron chi connectivity index (χ4n) is 4.86. The molecule has 4 aromatic rings. The minimum absolute atomic E-state index is 0.0825. The fourth-order valence-corrected chi connectivity index (χ4v) is 5.19. The number of amides is 1. The van der Waals surface area contributed by atoms with Gasteiger partial charge in [0, 0.05) is 42.4 Å². The third-order valence-corrected chi connectivity index (χ3v) is 7.20. The summed E-state index contributed by atoms with van der Waals surface area (Å²) in [4.78, 5) is 31.5. The highest BCUT2D eigenvalue weighted by Gasteiger charge is 2.41. The molecule has 0 radical (unpaired) electrons. The van der Waals surface area contributed by atoms with E-state index in [2.05, 4.69) is 25.1 Å². The number of ether oxygens (including phenoxy) is 1. The minimum atomic E-state index is -0.384. The largest absolute Gasteiger partial charge is 0.465 e. The quantitative estimate of drug-likeness (QED) is 0.241. The number of carbonyl (C=O) groups is 2. The minimum Gasteiger partial charge on any atom is -0.465 e. The summed E-state index contributed by atoms with van der Waals surface area (Å²) in [5, 5.41) is 7.02. The summed E-state index contributed by atoms with van der Waals surface area (Å²) in [6.07, 6.45) is 4.00.